The molecule has 0 aromatic heterocycles. The maximum absolute atomic E-state index is 13.0. The van der Waals surface area contributed by atoms with Gasteiger partial charge in [0.05, 0.1) is 0 Å². The van der Waals surface area contributed by atoms with Crippen LogP contribution in [0.3, 0.4) is 0 Å². The first kappa shape index (κ1) is 20.8. The molecule has 1 saturated carbocycles. The Hall–Kier alpha value is -3.42. The number of amides is 4. The highest BCUT2D eigenvalue weighted by atomic mass is 16.5. The number of carbonyl (C=O) groups is 4. The summed E-state index contributed by atoms with van der Waals surface area (Å²) < 4.78 is 4.98. The van der Waals surface area contributed by atoms with E-state index in [1.807, 2.05) is 36.4 Å². The Morgan fingerprint density at radius 1 is 1.13 bits per heavy atom. The van der Waals surface area contributed by atoms with Crippen molar-refractivity contribution in [3.05, 3.63) is 48.0 Å². The molecule has 4 rings (SSSR count). The Bertz CT molecular complexity index is 1050. The summed E-state index contributed by atoms with van der Waals surface area (Å²) in [6, 6.07) is 12.7. The number of esters is 1. The molecule has 0 unspecified atom stereocenters. The number of urea groups is 1. The minimum absolute atomic E-state index is 0.125. The summed E-state index contributed by atoms with van der Waals surface area (Å²) in [6.07, 6.45) is 4.00. The largest absolute Gasteiger partial charge is 0.454 e. The van der Waals surface area contributed by atoms with E-state index in [0.717, 1.165) is 41.4 Å². The number of nitrogens with one attached hydrogen (secondary N) is 2. The van der Waals surface area contributed by atoms with E-state index in [1.165, 1.54) is 0 Å². The van der Waals surface area contributed by atoms with Gasteiger partial charge in [-0.15, -0.1) is 0 Å². The van der Waals surface area contributed by atoms with E-state index in [9.17, 15) is 19.2 Å². The van der Waals surface area contributed by atoms with Crippen LogP contribution in [0, 0.1) is 0 Å². The van der Waals surface area contributed by atoms with Gasteiger partial charge in [0.25, 0.3) is 11.8 Å². The number of ether oxygens (including phenoxy) is 1. The van der Waals surface area contributed by atoms with E-state index in [1.54, 1.807) is 13.0 Å². The minimum atomic E-state index is -1.29. The fourth-order valence-corrected chi connectivity index (χ4v) is 4.20. The lowest BCUT2D eigenvalue weighted by Crippen LogP contribution is -2.42. The van der Waals surface area contributed by atoms with Crippen molar-refractivity contribution in [1.29, 1.82) is 0 Å². The maximum Gasteiger partial charge on any atom is 0.326 e. The fraction of sp³-hybridized carbons (Fsp3) is 0.391. The highest BCUT2D eigenvalue weighted by Gasteiger charge is 2.49. The first-order valence-electron chi connectivity index (χ1n) is 10.5. The van der Waals surface area contributed by atoms with Gasteiger partial charge >= 0.3 is 12.0 Å². The van der Waals surface area contributed by atoms with Crippen LogP contribution >= 0.6 is 0 Å². The summed E-state index contributed by atoms with van der Waals surface area (Å²) in [5.74, 6) is -1.73. The molecule has 8 nitrogen and oxygen atoms in total. The number of rotatable bonds is 6. The first-order valence-corrected chi connectivity index (χ1v) is 10.5. The van der Waals surface area contributed by atoms with E-state index >= 15 is 0 Å². The predicted octanol–water partition coefficient (Wildman–Crippen LogP) is 2.21. The summed E-state index contributed by atoms with van der Waals surface area (Å²) in [7, 11) is 0. The average molecular weight is 423 g/mol. The molecule has 2 aliphatic rings. The van der Waals surface area contributed by atoms with Crippen molar-refractivity contribution in [2.45, 2.75) is 44.2 Å². The number of benzene rings is 2. The second kappa shape index (κ2) is 8.37. The Kier molecular flexibility index (Phi) is 5.63. The van der Waals surface area contributed by atoms with Crippen LogP contribution in [0.4, 0.5) is 4.79 Å². The molecule has 2 aromatic carbocycles. The topological polar surface area (TPSA) is 105 Å². The summed E-state index contributed by atoms with van der Waals surface area (Å²) in [6.45, 7) is 0.628. The van der Waals surface area contributed by atoms with Gasteiger partial charge in [0, 0.05) is 6.04 Å². The molecule has 31 heavy (non-hydrogen) atoms. The van der Waals surface area contributed by atoms with E-state index in [0.29, 0.717) is 5.56 Å². The van der Waals surface area contributed by atoms with Gasteiger partial charge in [0.15, 0.2) is 6.61 Å². The summed E-state index contributed by atoms with van der Waals surface area (Å²) in [5.41, 5.74) is -0.669. The molecule has 4 amide bonds. The van der Waals surface area contributed by atoms with Crippen molar-refractivity contribution in [2.75, 3.05) is 13.2 Å². The van der Waals surface area contributed by atoms with Gasteiger partial charge < -0.3 is 15.4 Å². The zero-order valence-electron chi connectivity index (χ0n) is 17.3. The molecule has 2 aromatic rings. The predicted molar refractivity (Wildman–Crippen MR) is 113 cm³/mol. The summed E-state index contributed by atoms with van der Waals surface area (Å²) >= 11 is 0. The van der Waals surface area contributed by atoms with Crippen LogP contribution in [0.15, 0.2) is 42.5 Å². The highest BCUT2D eigenvalue weighted by Crippen LogP contribution is 2.31. The van der Waals surface area contributed by atoms with Crippen molar-refractivity contribution in [3.8, 4) is 0 Å². The van der Waals surface area contributed by atoms with Crippen LogP contribution in [-0.2, 0) is 24.7 Å². The van der Waals surface area contributed by atoms with Crippen molar-refractivity contribution in [3.63, 3.8) is 0 Å². The number of hydrogen-bond acceptors (Lipinski definition) is 5. The van der Waals surface area contributed by atoms with Gasteiger partial charge in [-0.2, -0.15) is 0 Å². The van der Waals surface area contributed by atoms with Crippen LogP contribution in [0.5, 0.6) is 0 Å². The maximum atomic E-state index is 13.0. The molecule has 1 saturated heterocycles. The summed E-state index contributed by atoms with van der Waals surface area (Å²) in [5, 5.41) is 7.45. The second-order valence-electron chi connectivity index (χ2n) is 8.22. The van der Waals surface area contributed by atoms with Crippen LogP contribution in [-0.4, -0.2) is 47.9 Å². The quantitative estimate of drug-likeness (QED) is 0.548. The van der Waals surface area contributed by atoms with Gasteiger partial charge in [-0.05, 0) is 42.2 Å². The lowest BCUT2D eigenvalue weighted by molar-refractivity contribution is -0.151. The molecule has 0 bridgehead atoms. The van der Waals surface area contributed by atoms with Crippen molar-refractivity contribution < 1.29 is 23.9 Å². The molecule has 1 heterocycles. The Balaban J connectivity index is 1.39. The molecule has 2 fully saturated rings. The van der Waals surface area contributed by atoms with E-state index in [4.69, 9.17) is 4.74 Å². The van der Waals surface area contributed by atoms with Gasteiger partial charge in [0.2, 0.25) is 0 Å². The molecule has 1 aliphatic carbocycles. The Morgan fingerprint density at radius 3 is 2.58 bits per heavy atom. The zero-order valence-corrected chi connectivity index (χ0v) is 17.3. The van der Waals surface area contributed by atoms with Crippen LogP contribution in [0.25, 0.3) is 10.8 Å². The monoisotopic (exact) mass is 423 g/mol. The Morgan fingerprint density at radius 2 is 1.84 bits per heavy atom. The number of imide groups is 1. The molecule has 1 atom stereocenters. The van der Waals surface area contributed by atoms with Crippen LogP contribution in [0.2, 0.25) is 0 Å². The standard InChI is InChI=1S/C23H25N3O5/c1-23(17-11-10-15-6-2-3-7-16(15)12-17)21(29)26(22(30)25-23)13-20(28)31-14-19(27)24-18-8-4-5-9-18/h2-3,6-7,10-12,18H,4-5,8-9,13-14H2,1H3,(H,24,27)(H,25,30)/t23-/m0/s1. The number of nitrogens with zero attached hydrogens (tertiary/aromatic N) is 1. The first-order chi connectivity index (χ1) is 14.9. The molecule has 162 valence electrons. The zero-order chi connectivity index (χ0) is 22.0. The molecular weight excluding hydrogens is 398 g/mol. The smallest absolute Gasteiger partial charge is 0.326 e. The lowest BCUT2D eigenvalue weighted by Gasteiger charge is -2.22. The molecule has 0 radical (unpaired) electrons. The van der Waals surface area contributed by atoms with Gasteiger partial charge in [-0.25, -0.2) is 4.79 Å². The van der Waals surface area contributed by atoms with E-state index < -0.39 is 36.6 Å². The van der Waals surface area contributed by atoms with Crippen molar-refractivity contribution >= 4 is 34.6 Å². The lowest BCUT2D eigenvalue weighted by atomic mass is 9.90. The Labute approximate surface area is 179 Å². The van der Waals surface area contributed by atoms with E-state index in [-0.39, 0.29) is 11.9 Å². The third-order valence-corrected chi connectivity index (χ3v) is 5.97. The molecule has 2 N–H and O–H groups in total. The normalized spacial score (nSPS) is 21.4. The van der Waals surface area contributed by atoms with Crippen LogP contribution < -0.4 is 10.6 Å². The van der Waals surface area contributed by atoms with E-state index in [2.05, 4.69) is 10.6 Å². The molecule has 1 aliphatic heterocycles. The summed E-state index contributed by atoms with van der Waals surface area (Å²) in [4.78, 5) is 50.4. The number of carbonyl (C=O) groups excluding carboxylic acids is 4. The van der Waals surface area contributed by atoms with Crippen molar-refractivity contribution in [2.24, 2.45) is 0 Å². The van der Waals surface area contributed by atoms with Gasteiger partial charge in [-0.1, -0.05) is 49.2 Å². The third kappa shape index (κ3) is 4.23. The molecular formula is C23H25N3O5. The number of hydrogen-bond donors (Lipinski definition) is 2. The SMILES string of the molecule is C[C@@]1(c2ccc3ccccc3c2)NC(=O)N(CC(=O)OCC(=O)NC2CCCC2)C1=O. The molecule has 0 spiro atoms. The highest BCUT2D eigenvalue weighted by molar-refractivity contribution is 6.09. The van der Waals surface area contributed by atoms with Crippen LogP contribution in [0.1, 0.15) is 38.2 Å². The second-order valence-corrected chi connectivity index (χ2v) is 8.22. The van der Waals surface area contributed by atoms with Gasteiger partial charge in [0.1, 0.15) is 12.1 Å². The third-order valence-electron chi connectivity index (χ3n) is 5.97. The van der Waals surface area contributed by atoms with Gasteiger partial charge in [-0.3, -0.25) is 19.3 Å². The fourth-order valence-electron chi connectivity index (χ4n) is 4.20. The molecule has 8 heteroatoms. The minimum Gasteiger partial charge on any atom is -0.454 e. The number of fused-ring (bicyclic) bond motifs is 1. The average Bonchev–Trinajstić information content (AvgIpc) is 3.34. The van der Waals surface area contributed by atoms with Crippen molar-refractivity contribution in [1.82, 2.24) is 15.5 Å².